The maximum atomic E-state index is 15.2. The van der Waals surface area contributed by atoms with Crippen molar-refractivity contribution in [1.29, 1.82) is 0 Å². The predicted molar refractivity (Wildman–Crippen MR) is 302 cm³/mol. The largest absolute Gasteiger partial charge is 0.355 e. The van der Waals surface area contributed by atoms with Gasteiger partial charge in [0.2, 0.25) is 0 Å². The van der Waals surface area contributed by atoms with Crippen LogP contribution in [-0.4, -0.2) is 23.6 Å². The van der Waals surface area contributed by atoms with Gasteiger partial charge >= 0.3 is 0 Å². The molecule has 0 fully saturated rings. The second-order valence-corrected chi connectivity index (χ2v) is 20.2. The second kappa shape index (κ2) is 18.7. The van der Waals surface area contributed by atoms with Gasteiger partial charge in [-0.1, -0.05) is 48.5 Å². The van der Waals surface area contributed by atoms with E-state index in [0.717, 1.165) is 72.1 Å². The van der Waals surface area contributed by atoms with Crippen LogP contribution in [0.5, 0.6) is 0 Å². The Balaban J connectivity index is 1.31. The molecule has 5 N–H and O–H groups in total. The average Bonchev–Trinajstić information content (AvgIpc) is 3.28. The molecule has 73 heavy (non-hydrogen) atoms. The third-order valence-corrected chi connectivity index (χ3v) is 13.4. The molecule has 10 aromatic rings. The molecule has 0 radical (unpaired) electrons. The summed E-state index contributed by atoms with van der Waals surface area (Å²) in [6, 6.07) is 42.7. The van der Waals surface area contributed by atoms with Gasteiger partial charge in [-0.2, -0.15) is 0 Å². The van der Waals surface area contributed by atoms with Crippen molar-refractivity contribution in [3.63, 3.8) is 0 Å². The van der Waals surface area contributed by atoms with Crippen molar-refractivity contribution in [2.75, 3.05) is 26.6 Å². The van der Waals surface area contributed by atoms with Gasteiger partial charge in [0.1, 0.15) is 0 Å². The summed E-state index contributed by atoms with van der Waals surface area (Å²) < 4.78 is 0. The second-order valence-electron chi connectivity index (χ2n) is 20.2. The Kier molecular flexibility index (Phi) is 12.3. The number of anilines is 6. The zero-order valence-corrected chi connectivity index (χ0v) is 42.8. The molecule has 0 aliphatic rings. The number of amides is 4. The van der Waals surface area contributed by atoms with Gasteiger partial charge in [-0.3, -0.25) is 19.2 Å². The van der Waals surface area contributed by atoms with Crippen LogP contribution in [0.15, 0.2) is 133 Å². The number of hydrogen-bond donors (Lipinski definition) is 5. The molecular weight excluding hydrogens is 903 g/mol. The molecule has 0 aromatic heterocycles. The van der Waals surface area contributed by atoms with Crippen molar-refractivity contribution in [2.24, 2.45) is 0 Å². The first-order valence-electron chi connectivity index (χ1n) is 24.5. The number of rotatable bonds is 10. The van der Waals surface area contributed by atoms with E-state index >= 15 is 4.79 Å². The summed E-state index contributed by atoms with van der Waals surface area (Å²) in [5.41, 5.74) is 15.2. The van der Waals surface area contributed by atoms with Crippen LogP contribution in [0, 0.1) is 69.2 Å². The molecular formula is C64H57N5O4. The molecule has 0 saturated heterocycles. The lowest BCUT2D eigenvalue weighted by Gasteiger charge is -2.23. The minimum absolute atomic E-state index is 0.283. The maximum absolute atomic E-state index is 15.2. The fourth-order valence-electron chi connectivity index (χ4n) is 11.0. The van der Waals surface area contributed by atoms with Gasteiger partial charge < -0.3 is 26.6 Å². The Labute approximate surface area is 425 Å². The molecule has 4 amide bonds. The van der Waals surface area contributed by atoms with Gasteiger partial charge in [-0.15, -0.1) is 0 Å². The fraction of sp³-hybridized carbons (Fsp3) is 0.156. The van der Waals surface area contributed by atoms with E-state index in [4.69, 9.17) is 0 Å². The van der Waals surface area contributed by atoms with E-state index < -0.39 is 5.91 Å². The number of carbonyl (C=O) groups excluding carboxylic acids is 4. The van der Waals surface area contributed by atoms with Crippen molar-refractivity contribution in [3.8, 4) is 0 Å². The van der Waals surface area contributed by atoms with E-state index in [1.807, 2.05) is 160 Å². The van der Waals surface area contributed by atoms with Crippen LogP contribution in [0.3, 0.4) is 0 Å². The third-order valence-electron chi connectivity index (χ3n) is 13.4. The number of fused-ring (bicyclic) bond motifs is 2. The van der Waals surface area contributed by atoms with Crippen molar-refractivity contribution in [3.05, 3.63) is 211 Å². The molecule has 0 unspecified atom stereocenters. The van der Waals surface area contributed by atoms with Crippen LogP contribution in [-0.2, 0) is 0 Å². The van der Waals surface area contributed by atoms with Crippen LogP contribution in [0.4, 0.5) is 34.1 Å². The maximum Gasteiger partial charge on any atom is 0.256 e. The molecule has 0 heterocycles. The average molecular weight is 960 g/mol. The highest BCUT2D eigenvalue weighted by Crippen LogP contribution is 2.48. The standard InChI is InChI=1S/C64H57N5O4/c1-33-17-34(2)23-43(22-33)65-55-32-54(64(73)69-47-30-41(9)21-42(10)31-47)58-53(63(72)68-46-28-39(7)20-40(8)29-46)15-12-49-48-11-14-51(61(70)66-44-24-35(3)18-36(4)25-44)57-52(16-13-50(56(48)57)59(55)60(49)58)62(71)67-45-26-37(5)19-38(6)27-45/h11-32,65H,1-10H3,(H,66,70)(H,67,71)(H,68,72)(H,69,73). The number of hydrogen-bond acceptors (Lipinski definition) is 5. The Bertz CT molecular complexity index is 3810. The van der Waals surface area contributed by atoms with E-state index in [0.29, 0.717) is 77.4 Å². The first-order valence-corrected chi connectivity index (χ1v) is 24.5. The van der Waals surface area contributed by atoms with E-state index in [9.17, 15) is 14.4 Å². The molecule has 0 bridgehead atoms. The van der Waals surface area contributed by atoms with Crippen LogP contribution in [0.2, 0.25) is 0 Å². The Morgan fingerprint density at radius 3 is 0.877 bits per heavy atom. The lowest BCUT2D eigenvalue weighted by atomic mass is 9.83. The van der Waals surface area contributed by atoms with E-state index in [1.165, 1.54) is 0 Å². The van der Waals surface area contributed by atoms with Crippen LogP contribution < -0.4 is 26.6 Å². The van der Waals surface area contributed by atoms with Gasteiger partial charge in [0.25, 0.3) is 23.6 Å². The highest BCUT2D eigenvalue weighted by atomic mass is 16.2. The monoisotopic (exact) mass is 959 g/mol. The molecule has 0 aliphatic heterocycles. The molecule has 0 saturated carbocycles. The summed E-state index contributed by atoms with van der Waals surface area (Å²) in [6.07, 6.45) is 0. The summed E-state index contributed by atoms with van der Waals surface area (Å²) in [6.45, 7) is 20.0. The van der Waals surface area contributed by atoms with Gasteiger partial charge in [-0.25, -0.2) is 0 Å². The first-order chi connectivity index (χ1) is 34.8. The minimum Gasteiger partial charge on any atom is -0.355 e. The number of benzene rings is 10. The lowest BCUT2D eigenvalue weighted by molar-refractivity contribution is 0.101. The normalized spacial score (nSPS) is 11.4. The first kappa shape index (κ1) is 47.8. The van der Waals surface area contributed by atoms with Crippen molar-refractivity contribution in [1.82, 2.24) is 0 Å². The molecule has 10 rings (SSSR count). The number of aryl methyl sites for hydroxylation is 10. The summed E-state index contributed by atoms with van der Waals surface area (Å²) >= 11 is 0. The summed E-state index contributed by atoms with van der Waals surface area (Å²) in [5.74, 6) is -1.54. The predicted octanol–water partition coefficient (Wildman–Crippen LogP) is 15.6. The molecule has 9 nitrogen and oxygen atoms in total. The molecule has 9 heteroatoms. The Hall–Kier alpha value is -8.82. The van der Waals surface area contributed by atoms with Crippen molar-refractivity contribution in [2.45, 2.75) is 69.2 Å². The Morgan fingerprint density at radius 2 is 0.534 bits per heavy atom. The Morgan fingerprint density at radius 1 is 0.260 bits per heavy atom. The van der Waals surface area contributed by atoms with E-state index in [1.54, 1.807) is 18.2 Å². The highest BCUT2D eigenvalue weighted by molar-refractivity contribution is 6.41. The van der Waals surface area contributed by atoms with Crippen LogP contribution in [0.25, 0.3) is 43.1 Å². The van der Waals surface area contributed by atoms with Crippen LogP contribution in [0.1, 0.15) is 97.1 Å². The third kappa shape index (κ3) is 9.45. The lowest BCUT2D eigenvalue weighted by Crippen LogP contribution is -2.18. The molecule has 0 atom stereocenters. The molecule has 0 spiro atoms. The van der Waals surface area contributed by atoms with Gasteiger partial charge in [0.05, 0.1) is 5.56 Å². The molecule has 0 aliphatic carbocycles. The molecule has 10 aromatic carbocycles. The van der Waals surface area contributed by atoms with Gasteiger partial charge in [0.15, 0.2) is 0 Å². The number of carbonyl (C=O) groups is 4. The summed E-state index contributed by atoms with van der Waals surface area (Å²) in [7, 11) is 0. The quantitative estimate of drug-likeness (QED) is 0.0689. The SMILES string of the molecule is Cc1cc(C)cc(NC(=O)c2ccc3c4ccc(C(=O)Nc5cc(C)cc(C)c5)c5c(C(=O)Nc6cc(C)cc(C)c6)cc(Nc6cc(C)cc(C)c6)c(c6ccc(C(=O)Nc7cc(C)cc(C)c7)c2c36)c54)c1. The summed E-state index contributed by atoms with van der Waals surface area (Å²) in [5, 5.41) is 21.5. The zero-order valence-electron chi connectivity index (χ0n) is 42.8. The topological polar surface area (TPSA) is 128 Å². The van der Waals surface area contributed by atoms with Gasteiger partial charge in [-0.05, 0) is 231 Å². The van der Waals surface area contributed by atoms with Crippen molar-refractivity contribution >= 4 is 101 Å². The zero-order chi connectivity index (χ0) is 51.6. The van der Waals surface area contributed by atoms with Crippen molar-refractivity contribution < 1.29 is 19.2 Å². The van der Waals surface area contributed by atoms with Crippen LogP contribution >= 0.6 is 0 Å². The summed E-state index contributed by atoms with van der Waals surface area (Å²) in [4.78, 5) is 60.0. The molecule has 362 valence electrons. The fourth-order valence-corrected chi connectivity index (χ4v) is 11.0. The smallest absolute Gasteiger partial charge is 0.256 e. The van der Waals surface area contributed by atoms with Gasteiger partial charge in [0, 0.05) is 72.4 Å². The van der Waals surface area contributed by atoms with E-state index in [-0.39, 0.29) is 23.3 Å². The van der Waals surface area contributed by atoms with E-state index in [2.05, 4.69) is 50.8 Å². The number of nitrogens with one attached hydrogen (secondary N) is 5. The minimum atomic E-state index is -0.398. The highest BCUT2D eigenvalue weighted by Gasteiger charge is 2.29.